The highest BCUT2D eigenvalue weighted by atomic mass is 32.2. The molecule has 0 bridgehead atoms. The first-order valence-corrected chi connectivity index (χ1v) is 11.4. The van der Waals surface area contributed by atoms with Crippen LogP contribution in [0.25, 0.3) is 11.1 Å². The second-order valence-corrected chi connectivity index (χ2v) is 8.23. The van der Waals surface area contributed by atoms with Crippen molar-refractivity contribution in [2.75, 3.05) is 38.8 Å². The van der Waals surface area contributed by atoms with Gasteiger partial charge >= 0.3 is 6.09 Å². The maximum Gasteiger partial charge on any atom is 0.407 e. The summed E-state index contributed by atoms with van der Waals surface area (Å²) in [5, 5.41) is 11.7. The van der Waals surface area contributed by atoms with E-state index in [0.29, 0.717) is 18.7 Å². The van der Waals surface area contributed by atoms with Gasteiger partial charge in [0, 0.05) is 31.9 Å². The average molecular weight is 429 g/mol. The number of nitrogens with one attached hydrogen (secondary N) is 1. The zero-order valence-corrected chi connectivity index (χ0v) is 18.2. The maximum absolute atomic E-state index is 12.6. The summed E-state index contributed by atoms with van der Waals surface area (Å²) in [7, 11) is 1.67. The van der Waals surface area contributed by atoms with Crippen molar-refractivity contribution in [1.29, 1.82) is 0 Å². The van der Waals surface area contributed by atoms with Crippen molar-refractivity contribution in [3.8, 4) is 11.1 Å². The third-order valence-electron chi connectivity index (χ3n) is 5.30. The van der Waals surface area contributed by atoms with Gasteiger partial charge in [0.2, 0.25) is 5.91 Å². The van der Waals surface area contributed by atoms with Crippen LogP contribution >= 0.6 is 11.8 Å². The maximum atomic E-state index is 12.6. The molecule has 2 N–H and O–H groups in total. The second kappa shape index (κ2) is 10.5. The topological polar surface area (TPSA) is 78.9 Å². The Morgan fingerprint density at radius 2 is 1.73 bits per heavy atom. The molecule has 0 radical (unpaired) electrons. The Hall–Kier alpha value is -2.51. The van der Waals surface area contributed by atoms with Gasteiger partial charge in [-0.3, -0.25) is 4.79 Å². The molecule has 0 spiro atoms. The molecule has 0 saturated heterocycles. The summed E-state index contributed by atoms with van der Waals surface area (Å²) in [4.78, 5) is 26.6. The van der Waals surface area contributed by atoms with Crippen molar-refractivity contribution in [3.05, 3.63) is 59.7 Å². The quantitative estimate of drug-likeness (QED) is 0.642. The Morgan fingerprint density at radius 3 is 2.30 bits per heavy atom. The molecular weight excluding hydrogens is 400 g/mol. The average Bonchev–Trinajstić information content (AvgIpc) is 3.09. The molecule has 160 valence electrons. The lowest BCUT2D eigenvalue weighted by Gasteiger charge is -2.24. The molecule has 0 fully saturated rings. The molecule has 30 heavy (non-hydrogen) atoms. The summed E-state index contributed by atoms with van der Waals surface area (Å²) >= 11 is 1.48. The number of ether oxygens (including phenoxy) is 1. The molecule has 0 aromatic heterocycles. The number of aliphatic hydroxyl groups is 1. The minimum absolute atomic E-state index is 0.0185. The highest BCUT2D eigenvalue weighted by Gasteiger charge is 2.30. The fourth-order valence-corrected chi connectivity index (χ4v) is 4.37. The number of nitrogens with zero attached hydrogens (tertiary/aromatic N) is 1. The molecule has 0 heterocycles. The van der Waals surface area contributed by atoms with E-state index in [2.05, 4.69) is 29.6 Å². The van der Waals surface area contributed by atoms with Crippen molar-refractivity contribution in [3.63, 3.8) is 0 Å². The zero-order valence-electron chi connectivity index (χ0n) is 17.3. The van der Waals surface area contributed by atoms with Gasteiger partial charge in [0.1, 0.15) is 12.6 Å². The van der Waals surface area contributed by atoms with Crippen molar-refractivity contribution < 1.29 is 19.4 Å². The number of rotatable bonds is 9. The first kappa shape index (κ1) is 22.2. The van der Waals surface area contributed by atoms with Crippen LogP contribution in [0.4, 0.5) is 4.79 Å². The predicted octanol–water partition coefficient (Wildman–Crippen LogP) is 3.10. The lowest BCUT2D eigenvalue weighted by Crippen LogP contribution is -2.49. The Balaban J connectivity index is 1.64. The molecule has 2 aromatic carbocycles. The minimum Gasteiger partial charge on any atom is -0.449 e. The van der Waals surface area contributed by atoms with E-state index in [1.807, 2.05) is 30.5 Å². The molecule has 1 aliphatic rings. The van der Waals surface area contributed by atoms with E-state index in [4.69, 9.17) is 9.84 Å². The first-order valence-electron chi connectivity index (χ1n) is 10.0. The van der Waals surface area contributed by atoms with Crippen molar-refractivity contribution in [2.45, 2.75) is 18.4 Å². The van der Waals surface area contributed by atoms with Crippen LogP contribution in [0.15, 0.2) is 48.5 Å². The van der Waals surface area contributed by atoms with Gasteiger partial charge in [0.05, 0.1) is 0 Å². The minimum atomic E-state index is -0.667. The molecule has 0 aliphatic heterocycles. The summed E-state index contributed by atoms with van der Waals surface area (Å²) < 4.78 is 5.56. The molecule has 1 atom stereocenters. The van der Waals surface area contributed by atoms with E-state index in [0.717, 1.165) is 11.1 Å². The number of thioether (sulfide) groups is 1. The van der Waals surface area contributed by atoms with Gasteiger partial charge in [-0.2, -0.15) is 11.8 Å². The summed E-state index contributed by atoms with van der Waals surface area (Å²) in [6, 6.07) is 15.6. The SMILES string of the molecule is CSCC(NC(=O)OCC1c2ccccc2-c2ccccc21)C(=O)N(C)CCCO. The fourth-order valence-electron chi connectivity index (χ4n) is 3.81. The van der Waals surface area contributed by atoms with Crippen LogP contribution in [0.5, 0.6) is 0 Å². The molecule has 1 unspecified atom stereocenters. The summed E-state index contributed by atoms with van der Waals surface area (Å²) in [6.07, 6.45) is 1.78. The number of amides is 2. The van der Waals surface area contributed by atoms with Gasteiger partial charge < -0.3 is 20.1 Å². The molecule has 2 aromatic rings. The molecule has 2 amide bonds. The molecular formula is C23H28N2O4S. The van der Waals surface area contributed by atoms with Crippen molar-refractivity contribution >= 4 is 23.8 Å². The van der Waals surface area contributed by atoms with E-state index in [9.17, 15) is 9.59 Å². The van der Waals surface area contributed by atoms with Gasteiger partial charge in [-0.15, -0.1) is 0 Å². The Bertz CT molecular complexity index is 844. The van der Waals surface area contributed by atoms with Crippen LogP contribution in [0.1, 0.15) is 23.5 Å². The largest absolute Gasteiger partial charge is 0.449 e. The summed E-state index contributed by atoms with van der Waals surface area (Å²) in [5.74, 6) is 0.239. The van der Waals surface area contributed by atoms with Crippen LogP contribution in [-0.2, 0) is 9.53 Å². The highest BCUT2D eigenvalue weighted by molar-refractivity contribution is 7.98. The van der Waals surface area contributed by atoms with Gasteiger partial charge in [0.15, 0.2) is 0 Å². The molecule has 0 saturated carbocycles. The van der Waals surface area contributed by atoms with Crippen molar-refractivity contribution in [2.24, 2.45) is 0 Å². The second-order valence-electron chi connectivity index (χ2n) is 7.31. The Labute approximate surface area is 181 Å². The number of hydrogen-bond donors (Lipinski definition) is 2. The van der Waals surface area contributed by atoms with Crippen LogP contribution in [-0.4, -0.2) is 66.9 Å². The van der Waals surface area contributed by atoms with Crippen LogP contribution < -0.4 is 5.32 Å². The Kier molecular flexibility index (Phi) is 7.76. The lowest BCUT2D eigenvalue weighted by atomic mass is 9.98. The van der Waals surface area contributed by atoms with E-state index < -0.39 is 12.1 Å². The smallest absolute Gasteiger partial charge is 0.407 e. The van der Waals surface area contributed by atoms with E-state index in [1.54, 1.807) is 7.05 Å². The Morgan fingerprint density at radius 1 is 1.13 bits per heavy atom. The number of likely N-dealkylation sites (N-methyl/N-ethyl adjacent to an activating group) is 1. The number of aliphatic hydroxyl groups excluding tert-OH is 1. The predicted molar refractivity (Wildman–Crippen MR) is 120 cm³/mol. The number of carbonyl (C=O) groups is 2. The normalized spacial score (nSPS) is 13.3. The number of hydrogen-bond acceptors (Lipinski definition) is 5. The standard InChI is InChI=1S/C23H28N2O4S/c1-25(12-7-13-26)22(27)21(15-30-2)24-23(28)29-14-20-18-10-5-3-8-16(18)17-9-4-6-11-19(17)20/h3-6,8-11,20-21,26H,7,12-15H2,1-2H3,(H,24,28). The fraction of sp³-hybridized carbons (Fsp3) is 0.391. The summed E-state index contributed by atoms with van der Waals surface area (Å²) in [5.41, 5.74) is 4.63. The lowest BCUT2D eigenvalue weighted by molar-refractivity contribution is -0.131. The molecule has 6 nitrogen and oxygen atoms in total. The third-order valence-corrected chi connectivity index (χ3v) is 5.96. The number of fused-ring (bicyclic) bond motifs is 3. The van der Waals surface area contributed by atoms with Gasteiger partial charge in [-0.25, -0.2) is 4.79 Å². The van der Waals surface area contributed by atoms with Crippen molar-refractivity contribution in [1.82, 2.24) is 10.2 Å². The number of alkyl carbamates (subject to hydrolysis) is 1. The molecule has 7 heteroatoms. The third kappa shape index (κ3) is 4.96. The molecule has 1 aliphatic carbocycles. The van der Waals surface area contributed by atoms with Crippen LogP contribution in [0, 0.1) is 0 Å². The summed E-state index contributed by atoms with van der Waals surface area (Å²) in [6.45, 7) is 0.664. The van der Waals surface area contributed by atoms with E-state index in [-0.39, 0.29) is 25.0 Å². The zero-order chi connectivity index (χ0) is 21.5. The van der Waals surface area contributed by atoms with Gasteiger partial charge in [-0.05, 0) is 34.9 Å². The van der Waals surface area contributed by atoms with Crippen LogP contribution in [0.2, 0.25) is 0 Å². The van der Waals surface area contributed by atoms with Gasteiger partial charge in [0.25, 0.3) is 0 Å². The molecule has 3 rings (SSSR count). The first-order chi connectivity index (χ1) is 14.6. The highest BCUT2D eigenvalue weighted by Crippen LogP contribution is 2.44. The monoisotopic (exact) mass is 428 g/mol. The number of benzene rings is 2. The van der Waals surface area contributed by atoms with E-state index >= 15 is 0 Å². The van der Waals surface area contributed by atoms with E-state index in [1.165, 1.54) is 27.8 Å². The van der Waals surface area contributed by atoms with Crippen LogP contribution in [0.3, 0.4) is 0 Å². The number of carbonyl (C=O) groups excluding carboxylic acids is 2. The van der Waals surface area contributed by atoms with Gasteiger partial charge in [-0.1, -0.05) is 48.5 Å².